The van der Waals surface area contributed by atoms with Gasteiger partial charge in [-0.1, -0.05) is 32.9 Å². The van der Waals surface area contributed by atoms with Crippen LogP contribution in [0.3, 0.4) is 0 Å². The third-order valence-corrected chi connectivity index (χ3v) is 3.36. The maximum absolute atomic E-state index is 11.1. The summed E-state index contributed by atoms with van der Waals surface area (Å²) in [6, 6.07) is 7.68. The van der Waals surface area contributed by atoms with Gasteiger partial charge in [-0.3, -0.25) is 0 Å². The molecule has 106 valence electrons. The lowest BCUT2D eigenvalue weighted by atomic mass is 10.0. The van der Waals surface area contributed by atoms with Crippen molar-refractivity contribution in [1.82, 2.24) is 9.97 Å². The van der Waals surface area contributed by atoms with Gasteiger partial charge in [-0.25, -0.2) is 14.8 Å². The van der Waals surface area contributed by atoms with Gasteiger partial charge >= 0.3 is 5.97 Å². The largest absolute Gasteiger partial charge is 0.475 e. The first-order valence-electron chi connectivity index (χ1n) is 6.79. The fourth-order valence-corrected chi connectivity index (χ4v) is 2.20. The van der Waals surface area contributed by atoms with Crippen LogP contribution in [-0.2, 0) is 0 Å². The number of hydrogen-bond acceptors (Lipinski definition) is 4. The van der Waals surface area contributed by atoms with Crippen LogP contribution in [0.2, 0.25) is 0 Å². The number of nitrogens with one attached hydrogen (secondary N) is 1. The average molecular weight is 273 g/mol. The Balaban J connectivity index is 2.52. The molecule has 1 heterocycles. The molecule has 2 rings (SSSR count). The highest BCUT2D eigenvalue weighted by Crippen LogP contribution is 2.22. The normalized spacial score (nSPS) is 12.6. The number of para-hydroxylation sites is 1. The number of nitrogens with zero attached hydrogens (tertiary/aromatic N) is 2. The zero-order valence-electron chi connectivity index (χ0n) is 11.9. The third kappa shape index (κ3) is 2.87. The Hall–Kier alpha value is -2.17. The summed E-state index contributed by atoms with van der Waals surface area (Å²) in [7, 11) is 0. The van der Waals surface area contributed by atoms with E-state index < -0.39 is 5.97 Å². The Kier molecular flexibility index (Phi) is 4.17. The molecule has 0 saturated heterocycles. The number of carboxylic acids is 1. The first kappa shape index (κ1) is 14.2. The maximum atomic E-state index is 11.1. The number of benzene rings is 1. The van der Waals surface area contributed by atoms with Gasteiger partial charge in [0.05, 0.1) is 5.52 Å². The molecule has 5 nitrogen and oxygen atoms in total. The fraction of sp³-hybridized carbons (Fsp3) is 0.400. The van der Waals surface area contributed by atoms with Crippen LogP contribution in [0.4, 0.5) is 5.82 Å². The van der Waals surface area contributed by atoms with Crippen LogP contribution in [-0.4, -0.2) is 27.1 Å². The summed E-state index contributed by atoms with van der Waals surface area (Å²) in [5, 5.41) is 13.3. The highest BCUT2D eigenvalue weighted by atomic mass is 16.4. The molecule has 0 aliphatic carbocycles. The highest BCUT2D eigenvalue weighted by molar-refractivity contribution is 5.93. The SMILES string of the molecule is CCC(Nc1nc(C(=O)O)nc2ccccc12)C(C)C. The van der Waals surface area contributed by atoms with Crippen molar-refractivity contribution in [1.29, 1.82) is 0 Å². The minimum Gasteiger partial charge on any atom is -0.475 e. The second kappa shape index (κ2) is 5.86. The number of aromatic carboxylic acids is 1. The van der Waals surface area contributed by atoms with Crippen LogP contribution in [0.1, 0.15) is 37.8 Å². The predicted octanol–water partition coefficient (Wildman–Crippen LogP) is 3.17. The molecule has 1 aromatic heterocycles. The standard InChI is InChI=1S/C15H19N3O2/c1-4-11(9(2)3)16-13-10-7-5-6-8-12(10)17-14(18-13)15(19)20/h5-9,11H,4H2,1-3H3,(H,19,20)(H,16,17,18). The van der Waals surface area contributed by atoms with Gasteiger partial charge in [0.1, 0.15) is 5.82 Å². The predicted molar refractivity (Wildman–Crippen MR) is 79.0 cm³/mol. The number of carboxylic acid groups (broad SMARTS) is 1. The molecule has 0 radical (unpaired) electrons. The summed E-state index contributed by atoms with van der Waals surface area (Å²) >= 11 is 0. The molecule has 0 aliphatic rings. The molecule has 0 fully saturated rings. The van der Waals surface area contributed by atoms with Crippen LogP contribution in [0.15, 0.2) is 24.3 Å². The van der Waals surface area contributed by atoms with Crippen LogP contribution in [0, 0.1) is 5.92 Å². The summed E-state index contributed by atoms with van der Waals surface area (Å²) in [6.07, 6.45) is 0.943. The van der Waals surface area contributed by atoms with Gasteiger partial charge in [0.2, 0.25) is 5.82 Å². The van der Waals surface area contributed by atoms with E-state index in [4.69, 9.17) is 5.11 Å². The second-order valence-electron chi connectivity index (χ2n) is 5.12. The molecular weight excluding hydrogens is 254 g/mol. The van der Waals surface area contributed by atoms with Crippen molar-refractivity contribution in [3.63, 3.8) is 0 Å². The lowest BCUT2D eigenvalue weighted by molar-refractivity contribution is 0.0684. The van der Waals surface area contributed by atoms with Crippen LogP contribution in [0.25, 0.3) is 10.9 Å². The zero-order chi connectivity index (χ0) is 14.7. The lowest BCUT2D eigenvalue weighted by Gasteiger charge is -2.22. The highest BCUT2D eigenvalue weighted by Gasteiger charge is 2.16. The molecule has 1 aromatic carbocycles. The molecule has 20 heavy (non-hydrogen) atoms. The molecule has 1 atom stereocenters. The first-order chi connectivity index (χ1) is 9.52. The van der Waals surface area contributed by atoms with E-state index in [1.807, 2.05) is 18.2 Å². The molecule has 2 aromatic rings. The monoisotopic (exact) mass is 273 g/mol. The number of carbonyl (C=O) groups is 1. The van der Waals surface area contributed by atoms with Crippen molar-refractivity contribution >= 4 is 22.7 Å². The lowest BCUT2D eigenvalue weighted by Crippen LogP contribution is -2.25. The molecule has 5 heteroatoms. The van der Waals surface area contributed by atoms with Crippen LogP contribution in [0.5, 0.6) is 0 Å². The van der Waals surface area contributed by atoms with Crippen molar-refractivity contribution in [2.45, 2.75) is 33.2 Å². The minimum atomic E-state index is -1.11. The van der Waals surface area contributed by atoms with E-state index in [0.29, 0.717) is 17.3 Å². The van der Waals surface area contributed by atoms with Gasteiger partial charge in [-0.2, -0.15) is 0 Å². The van der Waals surface area contributed by atoms with E-state index in [1.165, 1.54) is 0 Å². The topological polar surface area (TPSA) is 75.1 Å². The maximum Gasteiger partial charge on any atom is 0.374 e. The second-order valence-corrected chi connectivity index (χ2v) is 5.12. The molecular formula is C15H19N3O2. The Morgan fingerprint density at radius 1 is 1.30 bits per heavy atom. The van der Waals surface area contributed by atoms with E-state index in [-0.39, 0.29) is 11.9 Å². The molecule has 0 amide bonds. The molecule has 0 spiro atoms. The van der Waals surface area contributed by atoms with Gasteiger partial charge < -0.3 is 10.4 Å². The zero-order valence-corrected chi connectivity index (χ0v) is 11.9. The van der Waals surface area contributed by atoms with Crippen molar-refractivity contribution in [2.75, 3.05) is 5.32 Å². The Morgan fingerprint density at radius 3 is 2.60 bits per heavy atom. The third-order valence-electron chi connectivity index (χ3n) is 3.36. The minimum absolute atomic E-state index is 0.176. The summed E-state index contributed by atoms with van der Waals surface area (Å²) in [4.78, 5) is 19.3. The van der Waals surface area contributed by atoms with Gasteiger partial charge in [0.15, 0.2) is 0 Å². The fourth-order valence-electron chi connectivity index (χ4n) is 2.20. The van der Waals surface area contributed by atoms with Gasteiger partial charge in [0.25, 0.3) is 0 Å². The van der Waals surface area contributed by atoms with E-state index in [1.54, 1.807) is 6.07 Å². The Bertz CT molecular complexity index is 626. The van der Waals surface area contributed by atoms with Gasteiger partial charge in [0, 0.05) is 11.4 Å². The van der Waals surface area contributed by atoms with E-state index in [0.717, 1.165) is 11.8 Å². The summed E-state index contributed by atoms with van der Waals surface area (Å²) in [5.74, 6) is -0.267. The quantitative estimate of drug-likeness (QED) is 0.875. The molecule has 1 unspecified atom stereocenters. The molecule has 0 bridgehead atoms. The number of anilines is 1. The molecule has 2 N–H and O–H groups in total. The molecule has 0 aliphatic heterocycles. The Morgan fingerprint density at radius 2 is 2.00 bits per heavy atom. The van der Waals surface area contributed by atoms with Crippen molar-refractivity contribution in [2.24, 2.45) is 5.92 Å². The van der Waals surface area contributed by atoms with Crippen LogP contribution < -0.4 is 5.32 Å². The smallest absolute Gasteiger partial charge is 0.374 e. The first-order valence-corrected chi connectivity index (χ1v) is 6.79. The summed E-state index contributed by atoms with van der Waals surface area (Å²) in [6.45, 7) is 6.35. The number of fused-ring (bicyclic) bond motifs is 1. The van der Waals surface area contributed by atoms with Gasteiger partial charge in [-0.05, 0) is 24.5 Å². The Labute approximate surface area is 118 Å². The van der Waals surface area contributed by atoms with E-state index >= 15 is 0 Å². The summed E-state index contributed by atoms with van der Waals surface area (Å²) in [5.41, 5.74) is 0.640. The average Bonchev–Trinajstić information content (AvgIpc) is 2.43. The van der Waals surface area contributed by atoms with Crippen molar-refractivity contribution in [3.05, 3.63) is 30.1 Å². The number of aromatic nitrogens is 2. The number of rotatable bonds is 5. The van der Waals surface area contributed by atoms with E-state index in [2.05, 4.69) is 36.1 Å². The van der Waals surface area contributed by atoms with Crippen LogP contribution >= 0.6 is 0 Å². The van der Waals surface area contributed by atoms with Crippen molar-refractivity contribution in [3.8, 4) is 0 Å². The van der Waals surface area contributed by atoms with E-state index in [9.17, 15) is 4.79 Å². The summed E-state index contributed by atoms with van der Waals surface area (Å²) < 4.78 is 0. The van der Waals surface area contributed by atoms with Gasteiger partial charge in [-0.15, -0.1) is 0 Å². The number of hydrogen-bond donors (Lipinski definition) is 2. The van der Waals surface area contributed by atoms with Crippen molar-refractivity contribution < 1.29 is 9.90 Å². The molecule has 0 saturated carbocycles.